The SMILES string of the molecule is CC[NH+](CC)CCOC(=O)C(O)(c1ccccc1)c1ccccc1. The molecule has 0 aromatic heterocycles. The van der Waals surface area contributed by atoms with E-state index in [0.29, 0.717) is 11.1 Å². The lowest BCUT2D eigenvalue weighted by atomic mass is 9.86. The van der Waals surface area contributed by atoms with Crippen molar-refractivity contribution in [2.24, 2.45) is 0 Å². The van der Waals surface area contributed by atoms with Crippen LogP contribution in [0, 0.1) is 0 Å². The Morgan fingerprint density at radius 2 is 1.42 bits per heavy atom. The number of hydrogen-bond donors (Lipinski definition) is 2. The number of hydrogen-bond acceptors (Lipinski definition) is 3. The fourth-order valence-corrected chi connectivity index (χ4v) is 2.76. The van der Waals surface area contributed by atoms with Crippen LogP contribution in [0.25, 0.3) is 0 Å². The van der Waals surface area contributed by atoms with Gasteiger partial charge in [-0.1, -0.05) is 60.7 Å². The molecule has 0 aliphatic rings. The summed E-state index contributed by atoms with van der Waals surface area (Å²) in [6.45, 7) is 7.19. The van der Waals surface area contributed by atoms with E-state index in [0.717, 1.165) is 19.6 Å². The Labute approximate surface area is 143 Å². The summed E-state index contributed by atoms with van der Waals surface area (Å²) in [7, 11) is 0. The number of carbonyl (C=O) groups excluding carboxylic acids is 1. The van der Waals surface area contributed by atoms with Gasteiger partial charge in [0.05, 0.1) is 13.1 Å². The molecule has 0 unspecified atom stereocenters. The second kappa shape index (κ2) is 8.62. The monoisotopic (exact) mass is 328 g/mol. The summed E-state index contributed by atoms with van der Waals surface area (Å²) in [5.74, 6) is -0.633. The minimum absolute atomic E-state index is 0.290. The molecule has 0 aliphatic heterocycles. The molecule has 0 bridgehead atoms. The van der Waals surface area contributed by atoms with Crippen LogP contribution < -0.4 is 4.90 Å². The van der Waals surface area contributed by atoms with E-state index in [1.165, 1.54) is 4.90 Å². The van der Waals surface area contributed by atoms with Gasteiger partial charge >= 0.3 is 5.97 Å². The van der Waals surface area contributed by atoms with Gasteiger partial charge in [-0.3, -0.25) is 0 Å². The van der Waals surface area contributed by atoms with Gasteiger partial charge in [0.25, 0.3) is 0 Å². The standard InChI is InChI=1S/C20H25NO3/c1-3-21(4-2)15-16-24-19(22)20(23,17-11-7-5-8-12-17)18-13-9-6-10-14-18/h5-14,23H,3-4,15-16H2,1-2H3/p+1. The van der Waals surface area contributed by atoms with Crippen LogP contribution in [0.1, 0.15) is 25.0 Å². The fourth-order valence-electron chi connectivity index (χ4n) is 2.76. The summed E-state index contributed by atoms with van der Waals surface area (Å²) in [4.78, 5) is 14.1. The highest BCUT2D eigenvalue weighted by Crippen LogP contribution is 2.30. The molecule has 2 rings (SSSR count). The highest BCUT2D eigenvalue weighted by atomic mass is 16.5. The average Bonchev–Trinajstić information content (AvgIpc) is 2.65. The number of likely N-dealkylation sites (N-methyl/N-ethyl adjacent to an activating group) is 1. The Kier molecular flexibility index (Phi) is 6.53. The lowest BCUT2D eigenvalue weighted by molar-refractivity contribution is -0.896. The molecule has 0 aliphatic carbocycles. The maximum Gasteiger partial charge on any atom is 0.347 e. The van der Waals surface area contributed by atoms with Crippen LogP contribution >= 0.6 is 0 Å². The quantitative estimate of drug-likeness (QED) is 0.720. The van der Waals surface area contributed by atoms with Crippen molar-refractivity contribution in [2.75, 3.05) is 26.2 Å². The van der Waals surface area contributed by atoms with Crippen molar-refractivity contribution in [3.8, 4) is 0 Å². The van der Waals surface area contributed by atoms with E-state index in [4.69, 9.17) is 4.74 Å². The molecule has 4 nitrogen and oxygen atoms in total. The number of ether oxygens (including phenoxy) is 1. The van der Waals surface area contributed by atoms with Crippen LogP contribution in [0.2, 0.25) is 0 Å². The Balaban J connectivity index is 2.22. The van der Waals surface area contributed by atoms with E-state index in [1.807, 2.05) is 12.1 Å². The molecule has 2 aromatic rings. The second-order valence-electron chi connectivity index (χ2n) is 5.79. The second-order valence-corrected chi connectivity index (χ2v) is 5.79. The topological polar surface area (TPSA) is 51.0 Å². The van der Waals surface area contributed by atoms with Crippen molar-refractivity contribution in [3.05, 3.63) is 71.8 Å². The summed E-state index contributed by atoms with van der Waals surface area (Å²) >= 11 is 0. The third-order valence-corrected chi connectivity index (χ3v) is 4.37. The molecule has 24 heavy (non-hydrogen) atoms. The van der Waals surface area contributed by atoms with E-state index < -0.39 is 11.6 Å². The summed E-state index contributed by atoms with van der Waals surface area (Å²) in [6, 6.07) is 17.9. The number of aliphatic hydroxyl groups is 1. The van der Waals surface area contributed by atoms with Gasteiger partial charge in [-0.05, 0) is 25.0 Å². The highest BCUT2D eigenvalue weighted by molar-refractivity contribution is 5.85. The molecule has 0 heterocycles. The number of benzene rings is 2. The largest absolute Gasteiger partial charge is 0.457 e. The van der Waals surface area contributed by atoms with Gasteiger partial charge in [-0.2, -0.15) is 0 Å². The Morgan fingerprint density at radius 3 is 1.83 bits per heavy atom. The van der Waals surface area contributed by atoms with Crippen molar-refractivity contribution >= 4 is 5.97 Å². The van der Waals surface area contributed by atoms with Gasteiger partial charge in [0.1, 0.15) is 13.2 Å². The van der Waals surface area contributed by atoms with Gasteiger partial charge < -0.3 is 14.7 Å². The van der Waals surface area contributed by atoms with Crippen molar-refractivity contribution in [3.63, 3.8) is 0 Å². The Hall–Kier alpha value is -2.17. The molecule has 0 spiro atoms. The van der Waals surface area contributed by atoms with Crippen molar-refractivity contribution in [1.82, 2.24) is 0 Å². The zero-order valence-corrected chi connectivity index (χ0v) is 14.4. The van der Waals surface area contributed by atoms with Crippen LogP contribution in [0.15, 0.2) is 60.7 Å². The third kappa shape index (κ3) is 4.02. The number of rotatable bonds is 8. The van der Waals surface area contributed by atoms with Crippen LogP contribution in [0.4, 0.5) is 0 Å². The molecule has 0 saturated carbocycles. The first-order valence-corrected chi connectivity index (χ1v) is 8.47. The van der Waals surface area contributed by atoms with Crippen molar-refractivity contribution in [2.45, 2.75) is 19.4 Å². The van der Waals surface area contributed by atoms with Crippen LogP contribution in [0.3, 0.4) is 0 Å². The van der Waals surface area contributed by atoms with Gasteiger partial charge in [-0.25, -0.2) is 4.79 Å². The molecule has 0 fully saturated rings. The molecule has 0 saturated heterocycles. The lowest BCUT2D eigenvalue weighted by Gasteiger charge is -2.27. The average molecular weight is 328 g/mol. The first-order chi connectivity index (χ1) is 11.6. The molecule has 4 heteroatoms. The number of esters is 1. The first kappa shape index (κ1) is 18.2. The van der Waals surface area contributed by atoms with Crippen molar-refractivity contribution < 1.29 is 19.5 Å². The normalized spacial score (nSPS) is 11.5. The van der Waals surface area contributed by atoms with Gasteiger partial charge in [0.15, 0.2) is 0 Å². The molecule has 0 atom stereocenters. The van der Waals surface area contributed by atoms with E-state index in [2.05, 4.69) is 13.8 Å². The maximum absolute atomic E-state index is 12.7. The van der Waals surface area contributed by atoms with Crippen LogP contribution in [-0.2, 0) is 15.1 Å². The minimum Gasteiger partial charge on any atom is -0.457 e. The lowest BCUT2D eigenvalue weighted by Crippen LogP contribution is -3.11. The molecule has 2 N–H and O–H groups in total. The van der Waals surface area contributed by atoms with E-state index in [1.54, 1.807) is 48.5 Å². The van der Waals surface area contributed by atoms with Gasteiger partial charge in [0, 0.05) is 0 Å². The smallest absolute Gasteiger partial charge is 0.347 e. The number of quaternary nitrogens is 1. The van der Waals surface area contributed by atoms with E-state index >= 15 is 0 Å². The summed E-state index contributed by atoms with van der Waals surface area (Å²) in [6.07, 6.45) is 0. The van der Waals surface area contributed by atoms with E-state index in [9.17, 15) is 9.90 Å². The Morgan fingerprint density at radius 1 is 0.958 bits per heavy atom. The zero-order valence-electron chi connectivity index (χ0n) is 14.4. The number of nitrogens with one attached hydrogen (secondary N) is 1. The predicted molar refractivity (Wildman–Crippen MR) is 93.8 cm³/mol. The van der Waals surface area contributed by atoms with E-state index in [-0.39, 0.29) is 6.61 Å². The highest BCUT2D eigenvalue weighted by Gasteiger charge is 2.41. The molecule has 2 aromatic carbocycles. The fraction of sp³-hybridized carbons (Fsp3) is 0.350. The van der Waals surface area contributed by atoms with Gasteiger partial charge in [-0.15, -0.1) is 0 Å². The summed E-state index contributed by atoms with van der Waals surface area (Å²) in [5.41, 5.74) is -0.769. The minimum atomic E-state index is -1.79. The molecule has 0 radical (unpaired) electrons. The van der Waals surface area contributed by atoms with Crippen LogP contribution in [-0.4, -0.2) is 37.3 Å². The zero-order chi connectivity index (χ0) is 17.4. The summed E-state index contributed by atoms with van der Waals surface area (Å²) < 4.78 is 5.44. The molecule has 0 amide bonds. The maximum atomic E-state index is 12.7. The predicted octanol–water partition coefficient (Wildman–Crippen LogP) is 1.39. The van der Waals surface area contributed by atoms with Gasteiger partial charge in [0.2, 0.25) is 5.60 Å². The third-order valence-electron chi connectivity index (χ3n) is 4.37. The summed E-state index contributed by atoms with van der Waals surface area (Å²) in [5, 5.41) is 11.2. The number of carbonyl (C=O) groups is 1. The Bertz CT molecular complexity index is 584. The molecular formula is C20H26NO3+. The first-order valence-electron chi connectivity index (χ1n) is 8.47. The van der Waals surface area contributed by atoms with Crippen molar-refractivity contribution in [1.29, 1.82) is 0 Å². The molecule has 128 valence electrons. The molecular weight excluding hydrogens is 302 g/mol. The van der Waals surface area contributed by atoms with Crippen LogP contribution in [0.5, 0.6) is 0 Å².